The molecule has 0 aliphatic heterocycles. The van der Waals surface area contributed by atoms with Gasteiger partial charge in [-0.2, -0.15) is 0 Å². The zero-order valence-corrected chi connectivity index (χ0v) is 45.6. The molecule has 0 bridgehead atoms. The van der Waals surface area contributed by atoms with Crippen molar-refractivity contribution in [2.75, 3.05) is 42.7 Å². The Morgan fingerprint density at radius 3 is 0.529 bits per heavy atom. The SMILES string of the molecule is COc1ccc(-c2cccc(-c3ccc(OC)cc3)c2[S][Bi]([S]c2c(-c3ccc(OC)cc3)cccc2-c2ccc(OC)cc2)[S]c2c(-c3ccc(OC)cc3)cccc2-c2ccc(OC)cc2)cc1. The molecule has 0 atom stereocenters. The molecule has 0 spiro atoms. The van der Waals surface area contributed by atoms with Crippen molar-refractivity contribution in [3.05, 3.63) is 200 Å². The maximum absolute atomic E-state index is 5.65. The number of hydrogen-bond acceptors (Lipinski definition) is 9. The fraction of sp³-hybridized carbons (Fsp3) is 0.100. The summed E-state index contributed by atoms with van der Waals surface area (Å²) >= 11 is -3.31. The van der Waals surface area contributed by atoms with Crippen LogP contribution in [0.5, 0.6) is 34.5 Å². The van der Waals surface area contributed by atoms with Crippen LogP contribution in [-0.2, 0) is 0 Å². The van der Waals surface area contributed by atoms with Gasteiger partial charge in [-0.25, -0.2) is 0 Å². The Bertz CT molecular complexity index is 2620. The van der Waals surface area contributed by atoms with Crippen LogP contribution in [0.3, 0.4) is 0 Å². The van der Waals surface area contributed by atoms with E-state index in [-0.39, 0.29) is 0 Å². The molecule has 0 aliphatic carbocycles. The van der Waals surface area contributed by atoms with Gasteiger partial charge in [0.2, 0.25) is 0 Å². The minimum absolute atomic E-state index is 0.814. The Kier molecular flexibility index (Phi) is 16.1. The standard InChI is InChI=1S/3C20H18O2S.Bi/c3*1-21-16-10-6-14(7-11-16)18-4-3-5-19(20(18)23)15-8-12-17(22-2)13-9-15;/h3*3-13,23H,1-2H3;/q;;;+3/p-3. The molecule has 0 heterocycles. The van der Waals surface area contributed by atoms with Gasteiger partial charge < -0.3 is 0 Å². The molecule has 9 aromatic carbocycles. The van der Waals surface area contributed by atoms with E-state index in [9.17, 15) is 0 Å². The molecule has 350 valence electrons. The van der Waals surface area contributed by atoms with Gasteiger partial charge in [0.1, 0.15) is 0 Å². The van der Waals surface area contributed by atoms with Gasteiger partial charge in [0.05, 0.1) is 0 Å². The second-order valence-electron chi connectivity index (χ2n) is 15.9. The van der Waals surface area contributed by atoms with E-state index in [1.807, 2.05) is 72.8 Å². The summed E-state index contributed by atoms with van der Waals surface area (Å²) in [6.45, 7) is 0. The summed E-state index contributed by atoms with van der Waals surface area (Å²) in [4.78, 5) is 3.70. The predicted octanol–water partition coefficient (Wildman–Crippen LogP) is 16.4. The van der Waals surface area contributed by atoms with E-state index in [2.05, 4.69) is 153 Å². The van der Waals surface area contributed by atoms with Gasteiger partial charge in [-0.1, -0.05) is 0 Å². The van der Waals surface area contributed by atoms with Crippen molar-refractivity contribution in [3.8, 4) is 101 Å². The van der Waals surface area contributed by atoms with Crippen LogP contribution in [0.4, 0.5) is 0 Å². The molecule has 70 heavy (non-hydrogen) atoms. The van der Waals surface area contributed by atoms with Crippen LogP contribution in [0.1, 0.15) is 0 Å². The van der Waals surface area contributed by atoms with Gasteiger partial charge in [-0.3, -0.25) is 0 Å². The van der Waals surface area contributed by atoms with E-state index in [0.29, 0.717) is 0 Å². The van der Waals surface area contributed by atoms with Gasteiger partial charge in [-0.15, -0.1) is 0 Å². The molecule has 9 rings (SSSR count). The number of rotatable bonds is 18. The molecule has 0 fully saturated rings. The van der Waals surface area contributed by atoms with Crippen LogP contribution in [-0.4, -0.2) is 60.0 Å². The van der Waals surface area contributed by atoms with Crippen molar-refractivity contribution in [2.45, 2.75) is 14.7 Å². The van der Waals surface area contributed by atoms with Crippen molar-refractivity contribution in [1.82, 2.24) is 0 Å². The van der Waals surface area contributed by atoms with E-state index >= 15 is 0 Å². The number of hydrogen-bond donors (Lipinski definition) is 0. The Balaban J connectivity index is 1.30. The Hall–Kier alpha value is -6.29. The number of benzene rings is 9. The molecular formula is C60H51BiO6S3. The Morgan fingerprint density at radius 1 is 0.229 bits per heavy atom. The summed E-state index contributed by atoms with van der Waals surface area (Å²) in [5.41, 5.74) is 13.7. The minimum atomic E-state index is -3.31. The van der Waals surface area contributed by atoms with Crippen LogP contribution in [0.15, 0.2) is 215 Å². The van der Waals surface area contributed by atoms with Gasteiger partial charge in [0.15, 0.2) is 0 Å². The van der Waals surface area contributed by atoms with Gasteiger partial charge >= 0.3 is 430 Å². The summed E-state index contributed by atoms with van der Waals surface area (Å²) in [6.07, 6.45) is 0. The Labute approximate surface area is 426 Å². The summed E-state index contributed by atoms with van der Waals surface area (Å²) < 4.78 is 33.9. The van der Waals surface area contributed by atoms with Gasteiger partial charge in [-0.05, 0) is 0 Å². The van der Waals surface area contributed by atoms with Crippen molar-refractivity contribution < 1.29 is 28.4 Å². The zero-order valence-electron chi connectivity index (χ0n) is 39.7. The first kappa shape index (κ1) is 48.7. The third-order valence-corrected chi connectivity index (χ3v) is 37.6. The fourth-order valence-electron chi connectivity index (χ4n) is 8.17. The Morgan fingerprint density at radius 2 is 0.386 bits per heavy atom. The monoisotopic (exact) mass is 1170 g/mol. The van der Waals surface area contributed by atoms with Gasteiger partial charge in [0.25, 0.3) is 0 Å². The third-order valence-electron chi connectivity index (χ3n) is 11.9. The summed E-state index contributed by atoms with van der Waals surface area (Å²) in [7, 11) is 16.5. The van der Waals surface area contributed by atoms with Crippen LogP contribution in [0, 0.1) is 0 Å². The average molecular weight is 1170 g/mol. The van der Waals surface area contributed by atoms with E-state index < -0.39 is 17.4 Å². The molecule has 0 radical (unpaired) electrons. The van der Waals surface area contributed by atoms with E-state index in [1.54, 1.807) is 42.7 Å². The van der Waals surface area contributed by atoms with E-state index in [4.69, 9.17) is 28.4 Å². The first-order chi connectivity index (χ1) is 34.4. The molecule has 0 aliphatic rings. The quantitative estimate of drug-likeness (QED) is 0.0782. The molecule has 0 aromatic heterocycles. The van der Waals surface area contributed by atoms with Gasteiger partial charge in [0, 0.05) is 0 Å². The topological polar surface area (TPSA) is 55.4 Å². The summed E-state index contributed by atoms with van der Waals surface area (Å²) in [5.74, 6) is 4.89. The molecule has 0 unspecified atom stereocenters. The summed E-state index contributed by atoms with van der Waals surface area (Å²) in [5, 5.41) is 0. The van der Waals surface area contributed by atoms with Crippen LogP contribution >= 0.6 is 25.6 Å². The van der Waals surface area contributed by atoms with E-state index in [1.165, 1.54) is 48.1 Å². The molecule has 0 saturated carbocycles. The maximum atomic E-state index is 5.65. The number of ether oxygens (including phenoxy) is 6. The van der Waals surface area contributed by atoms with Crippen LogP contribution in [0.25, 0.3) is 66.8 Å². The average Bonchev–Trinajstić information content (AvgIpc) is 3.43. The molecule has 9 aromatic rings. The first-order valence-electron chi connectivity index (χ1n) is 22.5. The molecular weight excluding hydrogens is 1120 g/mol. The predicted molar refractivity (Wildman–Crippen MR) is 295 cm³/mol. The second kappa shape index (κ2) is 23.1. The van der Waals surface area contributed by atoms with E-state index in [0.717, 1.165) is 67.9 Å². The molecule has 0 saturated heterocycles. The fourth-order valence-corrected chi connectivity index (χ4v) is 38.6. The molecule has 6 nitrogen and oxygen atoms in total. The number of methoxy groups -OCH3 is 6. The second-order valence-corrected chi connectivity index (χ2v) is 41.5. The summed E-state index contributed by atoms with van der Waals surface area (Å²) in [6, 6.07) is 70.7. The van der Waals surface area contributed by atoms with Crippen molar-refractivity contribution >= 4 is 42.9 Å². The van der Waals surface area contributed by atoms with Crippen LogP contribution < -0.4 is 28.4 Å². The van der Waals surface area contributed by atoms with Crippen molar-refractivity contribution in [2.24, 2.45) is 0 Å². The molecule has 0 N–H and O–H groups in total. The van der Waals surface area contributed by atoms with Crippen LogP contribution in [0.2, 0.25) is 0 Å². The van der Waals surface area contributed by atoms with Crippen molar-refractivity contribution in [1.29, 1.82) is 0 Å². The molecule has 10 heteroatoms. The zero-order chi connectivity index (χ0) is 48.4. The van der Waals surface area contributed by atoms with Crippen molar-refractivity contribution in [3.63, 3.8) is 0 Å². The normalized spacial score (nSPS) is 11.0. The third kappa shape index (κ3) is 11.0. The first-order valence-corrected chi connectivity index (χ1v) is 37.6. The molecule has 0 amide bonds.